The summed E-state index contributed by atoms with van der Waals surface area (Å²) in [6.07, 6.45) is 1.58. The summed E-state index contributed by atoms with van der Waals surface area (Å²) in [5.41, 5.74) is 1.58. The molecule has 0 spiro atoms. The fourth-order valence-corrected chi connectivity index (χ4v) is 3.18. The van der Waals surface area contributed by atoms with Crippen LogP contribution in [0.1, 0.15) is 22.3 Å². The molecular weight excluding hydrogens is 439 g/mol. The van der Waals surface area contributed by atoms with Gasteiger partial charge in [-0.1, -0.05) is 53.5 Å². The van der Waals surface area contributed by atoms with E-state index in [9.17, 15) is 9.59 Å². The van der Waals surface area contributed by atoms with Crippen LogP contribution < -0.4 is 9.47 Å². The zero-order chi connectivity index (χ0) is 22.1. The predicted octanol–water partition coefficient (Wildman–Crippen LogP) is 5.77. The number of aryl methyl sites for hydroxylation is 1. The standard InChI is InChI=1S/C24H20Cl2O5/c25-19-10-13-22(21(26)15-19)30-16-23(27)31-20-11-8-18(9-12-20)24(28)29-14-4-7-17-5-2-1-3-6-17/h1-3,5-6,8-13,15H,4,7,14,16H2. The molecule has 7 heteroatoms. The van der Waals surface area contributed by atoms with E-state index < -0.39 is 11.9 Å². The van der Waals surface area contributed by atoms with Crippen LogP contribution in [0.15, 0.2) is 72.8 Å². The number of ether oxygens (including phenoxy) is 3. The molecule has 0 fully saturated rings. The van der Waals surface area contributed by atoms with Crippen molar-refractivity contribution in [3.63, 3.8) is 0 Å². The lowest BCUT2D eigenvalue weighted by atomic mass is 10.1. The normalized spacial score (nSPS) is 10.4. The van der Waals surface area contributed by atoms with Gasteiger partial charge in [-0.15, -0.1) is 0 Å². The van der Waals surface area contributed by atoms with Crippen LogP contribution in [0.2, 0.25) is 10.0 Å². The highest BCUT2D eigenvalue weighted by molar-refractivity contribution is 6.35. The molecule has 0 heterocycles. The van der Waals surface area contributed by atoms with Crippen LogP contribution in [0.3, 0.4) is 0 Å². The van der Waals surface area contributed by atoms with Gasteiger partial charge in [-0.2, -0.15) is 0 Å². The highest BCUT2D eigenvalue weighted by Crippen LogP contribution is 2.27. The molecular formula is C24H20Cl2O5. The Morgan fingerprint density at radius 1 is 0.871 bits per heavy atom. The first-order chi connectivity index (χ1) is 15.0. The maximum Gasteiger partial charge on any atom is 0.349 e. The smallest absolute Gasteiger partial charge is 0.349 e. The molecule has 0 N–H and O–H groups in total. The SMILES string of the molecule is O=C(COc1ccc(Cl)cc1Cl)Oc1ccc(C(=O)OCCCc2ccccc2)cc1. The topological polar surface area (TPSA) is 61.8 Å². The minimum Gasteiger partial charge on any atom is -0.480 e. The molecule has 3 rings (SSSR count). The molecule has 160 valence electrons. The first kappa shape index (κ1) is 22.7. The summed E-state index contributed by atoms with van der Waals surface area (Å²) in [5.74, 6) is -0.418. The van der Waals surface area contributed by atoms with Gasteiger partial charge in [0.25, 0.3) is 0 Å². The van der Waals surface area contributed by atoms with E-state index in [0.717, 1.165) is 12.8 Å². The molecule has 0 saturated heterocycles. The Hall–Kier alpha value is -3.02. The van der Waals surface area contributed by atoms with Crippen molar-refractivity contribution in [3.05, 3.63) is 94.0 Å². The highest BCUT2D eigenvalue weighted by Gasteiger charge is 2.11. The second kappa shape index (κ2) is 11.4. The summed E-state index contributed by atoms with van der Waals surface area (Å²) in [5, 5.41) is 0.765. The van der Waals surface area contributed by atoms with Gasteiger partial charge in [-0.3, -0.25) is 0 Å². The van der Waals surface area contributed by atoms with Gasteiger partial charge < -0.3 is 14.2 Å². The van der Waals surface area contributed by atoms with Crippen molar-refractivity contribution in [2.75, 3.05) is 13.2 Å². The van der Waals surface area contributed by atoms with Crippen molar-refractivity contribution in [1.82, 2.24) is 0 Å². The molecule has 0 radical (unpaired) electrons. The van der Waals surface area contributed by atoms with Crippen LogP contribution in [-0.4, -0.2) is 25.2 Å². The number of hydrogen-bond acceptors (Lipinski definition) is 5. The lowest BCUT2D eigenvalue weighted by Gasteiger charge is -2.09. The molecule has 0 aliphatic rings. The Labute approximate surface area is 190 Å². The molecule has 0 aliphatic carbocycles. The minimum absolute atomic E-state index is 0.288. The van der Waals surface area contributed by atoms with E-state index >= 15 is 0 Å². The maximum atomic E-state index is 12.1. The monoisotopic (exact) mass is 458 g/mol. The molecule has 0 saturated carbocycles. The van der Waals surface area contributed by atoms with Gasteiger partial charge in [0.15, 0.2) is 6.61 Å². The summed E-state index contributed by atoms with van der Waals surface area (Å²) in [6.45, 7) is 0.00161. The molecule has 3 aromatic carbocycles. The van der Waals surface area contributed by atoms with Crippen molar-refractivity contribution in [1.29, 1.82) is 0 Å². The Bertz CT molecular complexity index is 1020. The molecule has 0 amide bonds. The average Bonchev–Trinajstić information content (AvgIpc) is 2.77. The van der Waals surface area contributed by atoms with Gasteiger partial charge in [0, 0.05) is 5.02 Å². The summed E-state index contributed by atoms with van der Waals surface area (Å²) in [4.78, 5) is 24.1. The van der Waals surface area contributed by atoms with Gasteiger partial charge in [0.05, 0.1) is 17.2 Å². The number of esters is 2. The van der Waals surface area contributed by atoms with E-state index in [-0.39, 0.29) is 12.4 Å². The van der Waals surface area contributed by atoms with Crippen molar-refractivity contribution in [3.8, 4) is 11.5 Å². The van der Waals surface area contributed by atoms with Crippen LogP contribution in [0, 0.1) is 0 Å². The number of carbonyl (C=O) groups excluding carboxylic acids is 2. The van der Waals surface area contributed by atoms with E-state index in [4.69, 9.17) is 37.4 Å². The van der Waals surface area contributed by atoms with E-state index in [0.29, 0.717) is 28.0 Å². The minimum atomic E-state index is -0.609. The van der Waals surface area contributed by atoms with E-state index in [2.05, 4.69) is 0 Å². The van der Waals surface area contributed by atoms with Gasteiger partial charge in [0.1, 0.15) is 11.5 Å². The summed E-state index contributed by atoms with van der Waals surface area (Å²) in [7, 11) is 0. The largest absolute Gasteiger partial charge is 0.480 e. The number of halogens is 2. The first-order valence-electron chi connectivity index (χ1n) is 9.61. The van der Waals surface area contributed by atoms with Crippen molar-refractivity contribution >= 4 is 35.1 Å². The quantitative estimate of drug-likeness (QED) is 0.231. The number of rotatable bonds is 9. The Morgan fingerprint density at radius 3 is 2.32 bits per heavy atom. The molecule has 0 aliphatic heterocycles. The molecule has 0 unspecified atom stereocenters. The third-order valence-electron chi connectivity index (χ3n) is 4.25. The zero-order valence-electron chi connectivity index (χ0n) is 16.6. The van der Waals surface area contributed by atoms with Gasteiger partial charge >= 0.3 is 11.9 Å². The maximum absolute atomic E-state index is 12.1. The van der Waals surface area contributed by atoms with E-state index in [1.807, 2.05) is 30.3 Å². The molecule has 0 bridgehead atoms. The lowest BCUT2D eigenvalue weighted by molar-refractivity contribution is -0.136. The summed E-state index contributed by atoms with van der Waals surface area (Å²) >= 11 is 11.8. The molecule has 0 aromatic heterocycles. The lowest BCUT2D eigenvalue weighted by Crippen LogP contribution is -2.17. The second-order valence-electron chi connectivity index (χ2n) is 6.59. The third kappa shape index (κ3) is 7.31. The molecule has 31 heavy (non-hydrogen) atoms. The van der Waals surface area contributed by atoms with E-state index in [1.54, 1.807) is 24.3 Å². The number of carbonyl (C=O) groups is 2. The van der Waals surface area contributed by atoms with Crippen molar-refractivity contribution in [2.45, 2.75) is 12.8 Å². The van der Waals surface area contributed by atoms with E-state index in [1.165, 1.54) is 23.8 Å². The highest BCUT2D eigenvalue weighted by atomic mass is 35.5. The fourth-order valence-electron chi connectivity index (χ4n) is 2.72. The predicted molar refractivity (Wildman–Crippen MR) is 119 cm³/mol. The van der Waals surface area contributed by atoms with Gasteiger partial charge in [-0.05, 0) is 60.9 Å². The second-order valence-corrected chi connectivity index (χ2v) is 7.43. The third-order valence-corrected chi connectivity index (χ3v) is 4.78. The van der Waals surface area contributed by atoms with Crippen LogP contribution in [0.4, 0.5) is 0 Å². The van der Waals surface area contributed by atoms with Crippen LogP contribution in [-0.2, 0) is 16.0 Å². The van der Waals surface area contributed by atoms with Gasteiger partial charge in [-0.25, -0.2) is 9.59 Å². The average molecular weight is 459 g/mol. The number of benzene rings is 3. The first-order valence-corrected chi connectivity index (χ1v) is 10.4. The van der Waals surface area contributed by atoms with Crippen molar-refractivity contribution in [2.24, 2.45) is 0 Å². The number of hydrogen-bond donors (Lipinski definition) is 0. The Kier molecular flexibility index (Phi) is 8.33. The van der Waals surface area contributed by atoms with Crippen LogP contribution in [0.25, 0.3) is 0 Å². The Morgan fingerprint density at radius 2 is 1.61 bits per heavy atom. The summed E-state index contributed by atoms with van der Waals surface area (Å²) in [6, 6.07) is 20.8. The van der Waals surface area contributed by atoms with Gasteiger partial charge in [0.2, 0.25) is 0 Å². The van der Waals surface area contributed by atoms with Crippen LogP contribution in [0.5, 0.6) is 11.5 Å². The van der Waals surface area contributed by atoms with Crippen LogP contribution >= 0.6 is 23.2 Å². The Balaban J connectivity index is 1.41. The summed E-state index contributed by atoms with van der Waals surface area (Å²) < 4.78 is 15.8. The zero-order valence-corrected chi connectivity index (χ0v) is 18.1. The van der Waals surface area contributed by atoms with Crippen molar-refractivity contribution < 1.29 is 23.8 Å². The fraction of sp³-hybridized carbons (Fsp3) is 0.167. The molecule has 0 atom stereocenters. The molecule has 5 nitrogen and oxygen atoms in total. The molecule has 3 aromatic rings.